The second-order valence-corrected chi connectivity index (χ2v) is 9.67. The van der Waals surface area contributed by atoms with Crippen LogP contribution in [0.5, 0.6) is 0 Å². The summed E-state index contributed by atoms with van der Waals surface area (Å²) in [5, 5.41) is 5.67. The molecule has 1 atom stereocenters. The van der Waals surface area contributed by atoms with Gasteiger partial charge < -0.3 is 5.32 Å². The van der Waals surface area contributed by atoms with E-state index in [0.29, 0.717) is 28.3 Å². The minimum atomic E-state index is -4.50. The number of aromatic nitrogens is 1. The minimum Gasteiger partial charge on any atom is -0.351 e. The van der Waals surface area contributed by atoms with Gasteiger partial charge in [-0.3, -0.25) is 9.69 Å². The second-order valence-electron chi connectivity index (χ2n) is 7.64. The monoisotopic (exact) mass is 453 g/mol. The fourth-order valence-corrected chi connectivity index (χ4v) is 5.72. The van der Waals surface area contributed by atoms with Crippen molar-refractivity contribution in [2.75, 3.05) is 19.6 Å². The highest BCUT2D eigenvalue weighted by Gasteiger charge is 2.33. The Labute approximate surface area is 180 Å². The van der Waals surface area contributed by atoms with Gasteiger partial charge in [0.25, 0.3) is 5.91 Å². The number of hydrogen-bond donors (Lipinski definition) is 1. The van der Waals surface area contributed by atoms with Crippen LogP contribution in [-0.4, -0.2) is 35.4 Å². The highest BCUT2D eigenvalue weighted by atomic mass is 32.1. The SMILES string of the molecule is Cc1c(C(=O)NCC2CCCN(Cc3cccs3)C2)sc2nc(C(F)(F)F)ccc12. The third-order valence-electron chi connectivity index (χ3n) is 5.41. The predicted octanol–water partition coefficient (Wildman–Crippen LogP) is 5.33. The number of likely N-dealkylation sites (tertiary alicyclic amines) is 1. The molecule has 9 heteroatoms. The number of pyridine rings is 1. The number of carbonyl (C=O) groups excluding carboxylic acids is 1. The van der Waals surface area contributed by atoms with Crippen LogP contribution in [0.25, 0.3) is 10.2 Å². The summed E-state index contributed by atoms with van der Waals surface area (Å²) in [5.74, 6) is 0.131. The van der Waals surface area contributed by atoms with Crippen molar-refractivity contribution in [1.82, 2.24) is 15.2 Å². The normalized spacial score (nSPS) is 18.1. The number of hydrogen-bond acceptors (Lipinski definition) is 5. The lowest BCUT2D eigenvalue weighted by molar-refractivity contribution is -0.140. The van der Waals surface area contributed by atoms with Crippen LogP contribution in [0.15, 0.2) is 29.6 Å². The zero-order valence-electron chi connectivity index (χ0n) is 16.5. The van der Waals surface area contributed by atoms with Gasteiger partial charge in [-0.05, 0) is 61.4 Å². The van der Waals surface area contributed by atoms with Gasteiger partial charge >= 0.3 is 6.18 Å². The quantitative estimate of drug-likeness (QED) is 0.568. The van der Waals surface area contributed by atoms with Crippen LogP contribution in [0.2, 0.25) is 0 Å². The maximum absolute atomic E-state index is 12.9. The molecule has 0 aliphatic carbocycles. The molecule has 1 fully saturated rings. The molecule has 4 heterocycles. The second kappa shape index (κ2) is 8.64. The molecule has 30 heavy (non-hydrogen) atoms. The first-order valence-corrected chi connectivity index (χ1v) is 11.5. The van der Waals surface area contributed by atoms with Crippen LogP contribution in [0.4, 0.5) is 13.2 Å². The molecule has 1 N–H and O–H groups in total. The molecule has 3 aromatic heterocycles. The topological polar surface area (TPSA) is 45.2 Å². The first kappa shape index (κ1) is 21.3. The van der Waals surface area contributed by atoms with E-state index >= 15 is 0 Å². The molecule has 0 aromatic carbocycles. The summed E-state index contributed by atoms with van der Waals surface area (Å²) >= 11 is 2.77. The van der Waals surface area contributed by atoms with E-state index < -0.39 is 11.9 Å². The van der Waals surface area contributed by atoms with E-state index in [2.05, 4.69) is 32.7 Å². The highest BCUT2D eigenvalue weighted by Crippen LogP contribution is 2.34. The lowest BCUT2D eigenvalue weighted by atomic mass is 9.98. The highest BCUT2D eigenvalue weighted by molar-refractivity contribution is 7.20. The van der Waals surface area contributed by atoms with Crippen molar-refractivity contribution in [2.45, 2.75) is 32.5 Å². The van der Waals surface area contributed by atoms with E-state index in [1.54, 1.807) is 18.3 Å². The van der Waals surface area contributed by atoms with Crippen LogP contribution >= 0.6 is 22.7 Å². The third kappa shape index (κ3) is 4.68. The number of nitrogens with one attached hydrogen (secondary N) is 1. The first-order chi connectivity index (χ1) is 14.3. The number of fused-ring (bicyclic) bond motifs is 1. The summed E-state index contributed by atoms with van der Waals surface area (Å²) in [5.41, 5.74) is -0.257. The molecule has 0 radical (unpaired) electrons. The number of aryl methyl sites for hydroxylation is 1. The summed E-state index contributed by atoms with van der Waals surface area (Å²) < 4.78 is 38.8. The van der Waals surface area contributed by atoms with E-state index in [1.807, 2.05) is 0 Å². The molecule has 4 rings (SSSR count). The zero-order valence-corrected chi connectivity index (χ0v) is 18.1. The van der Waals surface area contributed by atoms with Gasteiger partial charge in [-0.1, -0.05) is 6.07 Å². The van der Waals surface area contributed by atoms with Gasteiger partial charge in [0, 0.05) is 29.9 Å². The zero-order chi connectivity index (χ0) is 21.3. The van der Waals surface area contributed by atoms with Crippen LogP contribution in [0, 0.1) is 12.8 Å². The Hall–Kier alpha value is -1.97. The lowest BCUT2D eigenvalue weighted by Crippen LogP contribution is -2.40. The molecule has 1 aliphatic rings. The van der Waals surface area contributed by atoms with Gasteiger partial charge in [0.15, 0.2) is 0 Å². The van der Waals surface area contributed by atoms with Crippen molar-refractivity contribution in [3.05, 3.63) is 50.7 Å². The summed E-state index contributed by atoms with van der Waals surface area (Å²) in [6, 6.07) is 6.56. The summed E-state index contributed by atoms with van der Waals surface area (Å²) in [7, 11) is 0. The van der Waals surface area contributed by atoms with Gasteiger partial charge in [0.2, 0.25) is 0 Å². The van der Waals surface area contributed by atoms with Gasteiger partial charge in [-0.15, -0.1) is 22.7 Å². The Kier molecular flexibility index (Phi) is 6.13. The van der Waals surface area contributed by atoms with Crippen molar-refractivity contribution >= 4 is 38.8 Å². The molecule has 3 aromatic rings. The lowest BCUT2D eigenvalue weighted by Gasteiger charge is -2.32. The smallest absolute Gasteiger partial charge is 0.351 e. The van der Waals surface area contributed by atoms with E-state index in [9.17, 15) is 18.0 Å². The van der Waals surface area contributed by atoms with Crippen LogP contribution in [-0.2, 0) is 12.7 Å². The Bertz CT molecular complexity index is 1030. The van der Waals surface area contributed by atoms with Crippen LogP contribution in [0.1, 0.15) is 38.6 Å². The number of thiophene rings is 2. The average Bonchev–Trinajstić information content (AvgIpc) is 3.33. The first-order valence-electron chi connectivity index (χ1n) is 9.81. The fraction of sp³-hybridized carbons (Fsp3) is 0.429. The number of amides is 1. The molecule has 1 aliphatic heterocycles. The molecule has 0 saturated carbocycles. The number of halogens is 3. The molecule has 1 unspecified atom stereocenters. The Balaban J connectivity index is 1.40. The molecule has 4 nitrogen and oxygen atoms in total. The summed E-state index contributed by atoms with van der Waals surface area (Å²) in [4.78, 5) is 20.9. The van der Waals surface area contributed by atoms with Gasteiger partial charge in [-0.25, -0.2) is 4.98 Å². The molecule has 0 bridgehead atoms. The largest absolute Gasteiger partial charge is 0.433 e. The van der Waals surface area contributed by atoms with Crippen molar-refractivity contribution in [2.24, 2.45) is 5.92 Å². The average molecular weight is 454 g/mol. The van der Waals surface area contributed by atoms with E-state index in [0.717, 1.165) is 49.9 Å². The van der Waals surface area contributed by atoms with Crippen molar-refractivity contribution in [3.63, 3.8) is 0 Å². The third-order valence-corrected chi connectivity index (χ3v) is 7.48. The Morgan fingerprint density at radius 1 is 1.33 bits per heavy atom. The van der Waals surface area contributed by atoms with Gasteiger partial charge in [0.05, 0.1) is 4.88 Å². The Morgan fingerprint density at radius 3 is 2.90 bits per heavy atom. The van der Waals surface area contributed by atoms with E-state index in [1.165, 1.54) is 10.9 Å². The van der Waals surface area contributed by atoms with E-state index in [-0.39, 0.29) is 10.7 Å². The maximum Gasteiger partial charge on any atom is 0.433 e. The van der Waals surface area contributed by atoms with Gasteiger partial charge in [-0.2, -0.15) is 13.2 Å². The predicted molar refractivity (Wildman–Crippen MR) is 114 cm³/mol. The van der Waals surface area contributed by atoms with Gasteiger partial charge in [0.1, 0.15) is 10.5 Å². The van der Waals surface area contributed by atoms with Crippen LogP contribution in [0.3, 0.4) is 0 Å². The van der Waals surface area contributed by atoms with Crippen LogP contribution < -0.4 is 5.32 Å². The fourth-order valence-electron chi connectivity index (χ4n) is 3.88. The molecule has 1 saturated heterocycles. The number of carbonyl (C=O) groups is 1. The molecular weight excluding hydrogens is 431 g/mol. The number of nitrogens with zero attached hydrogens (tertiary/aromatic N) is 2. The summed E-state index contributed by atoms with van der Waals surface area (Å²) in [6.45, 7) is 5.25. The molecule has 160 valence electrons. The van der Waals surface area contributed by atoms with Crippen molar-refractivity contribution < 1.29 is 18.0 Å². The molecule has 1 amide bonds. The van der Waals surface area contributed by atoms with E-state index in [4.69, 9.17) is 0 Å². The van der Waals surface area contributed by atoms with Crippen molar-refractivity contribution in [3.8, 4) is 0 Å². The minimum absolute atomic E-state index is 0.237. The standard InChI is InChI=1S/C21H22F3N3OS2/c1-13-16-6-7-17(21(22,23)24)26-20(16)30-18(13)19(28)25-10-14-4-2-8-27(11-14)12-15-5-3-9-29-15/h3,5-7,9,14H,2,4,8,10-12H2,1H3,(H,25,28). The summed E-state index contributed by atoms with van der Waals surface area (Å²) in [6.07, 6.45) is -2.34. The molecular formula is C21H22F3N3OS2. The number of piperidine rings is 1. The maximum atomic E-state index is 12.9. The number of rotatable bonds is 5. The Morgan fingerprint density at radius 2 is 2.17 bits per heavy atom. The number of alkyl halides is 3. The molecule has 0 spiro atoms. The van der Waals surface area contributed by atoms with Crippen molar-refractivity contribution in [1.29, 1.82) is 0 Å².